The summed E-state index contributed by atoms with van der Waals surface area (Å²) in [5.41, 5.74) is 4.37. The summed E-state index contributed by atoms with van der Waals surface area (Å²) in [4.78, 5) is 22.0. The highest BCUT2D eigenvalue weighted by Gasteiger charge is 2.20. The standard InChI is InChI=1S/C24H30N4O2S/c1-4-30-20-8-6-19(7-9-20)23(29)25-11-12-27-13-15-28(16-14-27)24-26-22-18(3)17(2)5-10-21(22)31-24/h5-10H,4,11-16H2,1-3H3,(H,25,29). The van der Waals surface area contributed by atoms with E-state index in [2.05, 4.69) is 41.1 Å². The number of thiazole rings is 1. The van der Waals surface area contributed by atoms with E-state index < -0.39 is 0 Å². The summed E-state index contributed by atoms with van der Waals surface area (Å²) in [5.74, 6) is 0.747. The number of anilines is 1. The fourth-order valence-corrected chi connectivity index (χ4v) is 4.89. The lowest BCUT2D eigenvalue weighted by atomic mass is 10.1. The van der Waals surface area contributed by atoms with Gasteiger partial charge in [0.15, 0.2) is 5.13 Å². The molecule has 0 bridgehead atoms. The van der Waals surface area contributed by atoms with E-state index in [1.165, 1.54) is 15.8 Å². The molecule has 1 N–H and O–H groups in total. The topological polar surface area (TPSA) is 57.7 Å². The van der Waals surface area contributed by atoms with Crippen molar-refractivity contribution in [2.75, 3.05) is 50.8 Å². The molecular formula is C24H30N4O2S. The molecule has 1 aliphatic rings. The highest BCUT2D eigenvalue weighted by atomic mass is 32.1. The molecule has 1 aliphatic heterocycles. The second kappa shape index (κ2) is 9.66. The number of benzene rings is 2. The number of piperazine rings is 1. The Balaban J connectivity index is 1.24. The van der Waals surface area contributed by atoms with E-state index in [-0.39, 0.29) is 5.91 Å². The first-order chi connectivity index (χ1) is 15.0. The molecule has 0 saturated carbocycles. The van der Waals surface area contributed by atoms with E-state index in [0.29, 0.717) is 18.7 Å². The van der Waals surface area contributed by atoms with E-state index in [1.54, 1.807) is 23.5 Å². The second-order valence-electron chi connectivity index (χ2n) is 7.89. The Morgan fingerprint density at radius 2 is 1.84 bits per heavy atom. The van der Waals surface area contributed by atoms with Gasteiger partial charge in [0.1, 0.15) is 5.75 Å². The maximum Gasteiger partial charge on any atom is 0.251 e. The second-order valence-corrected chi connectivity index (χ2v) is 8.90. The minimum atomic E-state index is -0.0400. The van der Waals surface area contributed by atoms with Gasteiger partial charge >= 0.3 is 0 Å². The summed E-state index contributed by atoms with van der Waals surface area (Å²) in [6, 6.07) is 11.6. The first-order valence-electron chi connectivity index (χ1n) is 10.9. The first-order valence-corrected chi connectivity index (χ1v) is 11.7. The number of fused-ring (bicyclic) bond motifs is 1. The lowest BCUT2D eigenvalue weighted by molar-refractivity contribution is 0.0947. The molecule has 0 atom stereocenters. The number of nitrogens with one attached hydrogen (secondary N) is 1. The number of carbonyl (C=O) groups is 1. The predicted octanol–water partition coefficient (Wildman–Crippen LogP) is 3.86. The van der Waals surface area contributed by atoms with Crippen LogP contribution < -0.4 is 15.0 Å². The van der Waals surface area contributed by atoms with Gasteiger partial charge in [0, 0.05) is 44.8 Å². The fraction of sp³-hybridized carbons (Fsp3) is 0.417. The summed E-state index contributed by atoms with van der Waals surface area (Å²) in [6.07, 6.45) is 0. The lowest BCUT2D eigenvalue weighted by Crippen LogP contribution is -2.48. The molecule has 0 radical (unpaired) electrons. The van der Waals surface area contributed by atoms with Gasteiger partial charge in [-0.3, -0.25) is 9.69 Å². The molecule has 0 spiro atoms. The predicted molar refractivity (Wildman–Crippen MR) is 128 cm³/mol. The number of rotatable bonds is 7. The van der Waals surface area contributed by atoms with Gasteiger partial charge in [0.25, 0.3) is 5.91 Å². The van der Waals surface area contributed by atoms with Gasteiger partial charge in [0.2, 0.25) is 0 Å². The molecule has 0 aliphatic carbocycles. The highest BCUT2D eigenvalue weighted by Crippen LogP contribution is 2.32. The molecule has 6 nitrogen and oxygen atoms in total. The monoisotopic (exact) mass is 438 g/mol. The van der Waals surface area contributed by atoms with Crippen molar-refractivity contribution < 1.29 is 9.53 Å². The van der Waals surface area contributed by atoms with Gasteiger partial charge in [-0.15, -0.1) is 0 Å². The van der Waals surface area contributed by atoms with Gasteiger partial charge in [-0.05, 0) is 62.2 Å². The molecule has 31 heavy (non-hydrogen) atoms. The zero-order valence-electron chi connectivity index (χ0n) is 18.5. The zero-order chi connectivity index (χ0) is 21.8. The molecule has 1 aromatic heterocycles. The maximum atomic E-state index is 12.3. The number of amides is 1. The molecule has 7 heteroatoms. The van der Waals surface area contributed by atoms with Crippen molar-refractivity contribution in [3.05, 3.63) is 53.1 Å². The molecule has 1 saturated heterocycles. The van der Waals surface area contributed by atoms with Gasteiger partial charge in [-0.25, -0.2) is 4.98 Å². The van der Waals surface area contributed by atoms with E-state index >= 15 is 0 Å². The minimum Gasteiger partial charge on any atom is -0.494 e. The number of aromatic nitrogens is 1. The fourth-order valence-electron chi connectivity index (χ4n) is 3.81. The molecule has 0 unspecified atom stereocenters. The molecule has 164 valence electrons. The lowest BCUT2D eigenvalue weighted by Gasteiger charge is -2.34. The summed E-state index contributed by atoms with van der Waals surface area (Å²) >= 11 is 1.78. The van der Waals surface area contributed by atoms with Gasteiger partial charge in [-0.1, -0.05) is 17.4 Å². The van der Waals surface area contributed by atoms with Crippen LogP contribution in [0.1, 0.15) is 28.4 Å². The molecular weight excluding hydrogens is 408 g/mol. The Morgan fingerprint density at radius 1 is 1.10 bits per heavy atom. The summed E-state index contributed by atoms with van der Waals surface area (Å²) in [7, 11) is 0. The minimum absolute atomic E-state index is 0.0400. The SMILES string of the molecule is CCOc1ccc(C(=O)NCCN2CCN(c3nc4c(C)c(C)ccc4s3)CC2)cc1. The van der Waals surface area contributed by atoms with Crippen LogP contribution in [0.4, 0.5) is 5.13 Å². The number of ether oxygens (including phenoxy) is 1. The number of carbonyl (C=O) groups excluding carboxylic acids is 1. The van der Waals surface area contributed by atoms with Crippen LogP contribution in [0.15, 0.2) is 36.4 Å². The normalized spacial score (nSPS) is 14.7. The third kappa shape index (κ3) is 4.99. The number of hydrogen-bond acceptors (Lipinski definition) is 6. The van der Waals surface area contributed by atoms with Crippen molar-refractivity contribution in [2.24, 2.45) is 0 Å². The maximum absolute atomic E-state index is 12.3. The molecule has 2 heterocycles. The number of hydrogen-bond donors (Lipinski definition) is 1. The van der Waals surface area contributed by atoms with Gasteiger partial charge < -0.3 is 15.0 Å². The highest BCUT2D eigenvalue weighted by molar-refractivity contribution is 7.22. The Labute approximate surface area is 187 Å². The van der Waals surface area contributed by atoms with Crippen molar-refractivity contribution in [3.8, 4) is 5.75 Å². The zero-order valence-corrected chi connectivity index (χ0v) is 19.3. The molecule has 2 aromatic carbocycles. The Kier molecular flexibility index (Phi) is 6.73. The van der Waals surface area contributed by atoms with Crippen molar-refractivity contribution in [1.29, 1.82) is 0 Å². The van der Waals surface area contributed by atoms with Crippen LogP contribution in [0, 0.1) is 13.8 Å². The van der Waals surface area contributed by atoms with E-state index in [9.17, 15) is 4.79 Å². The largest absolute Gasteiger partial charge is 0.494 e. The number of aryl methyl sites for hydroxylation is 2. The Bertz CT molecular complexity index is 1040. The van der Waals surface area contributed by atoms with Crippen LogP contribution in [0.2, 0.25) is 0 Å². The van der Waals surface area contributed by atoms with Crippen LogP contribution in [-0.4, -0.2) is 61.7 Å². The molecule has 4 rings (SSSR count). The van der Waals surface area contributed by atoms with Crippen LogP contribution in [-0.2, 0) is 0 Å². The average molecular weight is 439 g/mol. The third-order valence-corrected chi connectivity index (χ3v) is 6.94. The Morgan fingerprint density at radius 3 is 2.55 bits per heavy atom. The van der Waals surface area contributed by atoms with Crippen LogP contribution in [0.3, 0.4) is 0 Å². The molecule has 1 amide bonds. The van der Waals surface area contributed by atoms with Crippen LogP contribution >= 0.6 is 11.3 Å². The average Bonchev–Trinajstić information content (AvgIpc) is 3.23. The first kappa shape index (κ1) is 21.6. The molecule has 3 aromatic rings. The summed E-state index contributed by atoms with van der Waals surface area (Å²) < 4.78 is 6.69. The van der Waals surface area contributed by atoms with Crippen LogP contribution in [0.5, 0.6) is 5.75 Å². The van der Waals surface area contributed by atoms with Crippen molar-refractivity contribution >= 4 is 32.6 Å². The van der Waals surface area contributed by atoms with Crippen LogP contribution in [0.25, 0.3) is 10.2 Å². The van der Waals surface area contributed by atoms with E-state index in [0.717, 1.165) is 49.1 Å². The third-order valence-electron chi connectivity index (χ3n) is 5.86. The quantitative estimate of drug-likeness (QED) is 0.607. The van der Waals surface area contributed by atoms with E-state index in [1.807, 2.05) is 19.1 Å². The van der Waals surface area contributed by atoms with Gasteiger partial charge in [0.05, 0.1) is 16.8 Å². The smallest absolute Gasteiger partial charge is 0.251 e. The molecule has 1 fully saturated rings. The Hall–Kier alpha value is -2.64. The van der Waals surface area contributed by atoms with E-state index in [4.69, 9.17) is 9.72 Å². The van der Waals surface area contributed by atoms with Gasteiger partial charge in [-0.2, -0.15) is 0 Å². The van der Waals surface area contributed by atoms with Crippen molar-refractivity contribution in [3.63, 3.8) is 0 Å². The van der Waals surface area contributed by atoms with Crippen molar-refractivity contribution in [2.45, 2.75) is 20.8 Å². The van der Waals surface area contributed by atoms with Crippen molar-refractivity contribution in [1.82, 2.24) is 15.2 Å². The summed E-state index contributed by atoms with van der Waals surface area (Å²) in [6.45, 7) is 12.2. The number of nitrogens with zero attached hydrogens (tertiary/aromatic N) is 3. The summed E-state index contributed by atoms with van der Waals surface area (Å²) in [5, 5.41) is 4.14.